The number of nitrogens with one attached hydrogen (secondary N) is 1. The van der Waals surface area contributed by atoms with Crippen molar-refractivity contribution in [2.45, 2.75) is 12.8 Å². The Morgan fingerprint density at radius 1 is 1.19 bits per heavy atom. The molecule has 0 atom stereocenters. The topological polar surface area (TPSA) is 96.2 Å². The van der Waals surface area contributed by atoms with E-state index in [2.05, 4.69) is 4.98 Å². The maximum absolute atomic E-state index is 13.6. The Morgan fingerprint density at radius 2 is 2.00 bits per heavy atom. The molecule has 0 radical (unpaired) electrons. The van der Waals surface area contributed by atoms with Gasteiger partial charge >= 0.3 is 5.69 Å². The van der Waals surface area contributed by atoms with Crippen LogP contribution < -0.4 is 0 Å². The molecule has 0 aliphatic heterocycles. The average molecular weight is 352 g/mol. The second kappa shape index (κ2) is 5.80. The van der Waals surface area contributed by atoms with Crippen LogP contribution in [0.4, 0.5) is 10.1 Å². The molecule has 0 fully saturated rings. The van der Waals surface area contributed by atoms with Crippen molar-refractivity contribution >= 4 is 28.4 Å². The Hall–Kier alpha value is -3.48. The number of nitro benzene ring substituents is 1. The molecule has 26 heavy (non-hydrogen) atoms. The molecule has 2 aromatic carbocycles. The summed E-state index contributed by atoms with van der Waals surface area (Å²) in [4.78, 5) is 26.3. The van der Waals surface area contributed by atoms with Gasteiger partial charge in [0.05, 0.1) is 10.5 Å². The Balaban J connectivity index is 1.79. The second-order valence-corrected chi connectivity index (χ2v) is 6.17. The van der Waals surface area contributed by atoms with Crippen LogP contribution in [0, 0.1) is 15.9 Å². The van der Waals surface area contributed by atoms with Crippen LogP contribution in [0.25, 0.3) is 17.0 Å². The molecule has 0 bridgehead atoms. The lowest BCUT2D eigenvalue weighted by Gasteiger charge is -2.14. The fourth-order valence-electron chi connectivity index (χ4n) is 3.32. The molecule has 0 spiro atoms. The Kier molecular flexibility index (Phi) is 3.57. The van der Waals surface area contributed by atoms with Gasteiger partial charge in [0.1, 0.15) is 5.82 Å². The van der Waals surface area contributed by atoms with Crippen molar-refractivity contribution in [3.63, 3.8) is 0 Å². The largest absolute Gasteiger partial charge is 0.502 e. The number of Topliss-reactive ketones (excluding diaryl/α,β-unsaturated/α-hetero) is 1. The standard InChI is InChI=1S/C19H13FN2O4/c20-12-3-5-14-13(9-12)18-15(21-14)4-2-11(19(18)24)7-10-1-6-17(23)16(8-10)22(25)26/h1,3,5-9,21,23H,2,4H2/b11-7+. The maximum Gasteiger partial charge on any atom is 0.311 e. The average Bonchev–Trinajstić information content (AvgIpc) is 2.97. The smallest absolute Gasteiger partial charge is 0.311 e. The number of aromatic amines is 1. The van der Waals surface area contributed by atoms with Crippen LogP contribution in [0.15, 0.2) is 42.0 Å². The van der Waals surface area contributed by atoms with Gasteiger partial charge in [0.2, 0.25) is 0 Å². The van der Waals surface area contributed by atoms with Crippen molar-refractivity contribution in [2.24, 2.45) is 0 Å². The fraction of sp³-hybridized carbons (Fsp3) is 0.105. The van der Waals surface area contributed by atoms with Gasteiger partial charge in [-0.1, -0.05) is 6.07 Å². The molecule has 2 N–H and O–H groups in total. The van der Waals surface area contributed by atoms with Crippen LogP contribution in [-0.2, 0) is 6.42 Å². The number of nitrogens with zero attached hydrogens (tertiary/aromatic N) is 1. The highest BCUT2D eigenvalue weighted by molar-refractivity contribution is 6.19. The first-order chi connectivity index (χ1) is 12.4. The van der Waals surface area contributed by atoms with Crippen molar-refractivity contribution < 1.29 is 19.2 Å². The number of phenols is 1. The van der Waals surface area contributed by atoms with Crippen LogP contribution in [-0.4, -0.2) is 20.8 Å². The van der Waals surface area contributed by atoms with Crippen LogP contribution in [0.5, 0.6) is 5.75 Å². The van der Waals surface area contributed by atoms with Crippen molar-refractivity contribution in [1.29, 1.82) is 0 Å². The van der Waals surface area contributed by atoms with Crippen molar-refractivity contribution in [1.82, 2.24) is 4.98 Å². The summed E-state index contributed by atoms with van der Waals surface area (Å²) in [5.41, 5.74) is 2.44. The van der Waals surface area contributed by atoms with E-state index in [9.17, 15) is 24.4 Å². The number of allylic oxidation sites excluding steroid dienone is 1. The number of carbonyl (C=O) groups is 1. The number of hydrogen-bond acceptors (Lipinski definition) is 4. The molecule has 1 aliphatic rings. The number of hydrogen-bond donors (Lipinski definition) is 2. The lowest BCUT2D eigenvalue weighted by atomic mass is 9.88. The zero-order valence-electron chi connectivity index (χ0n) is 13.5. The first kappa shape index (κ1) is 16.0. The van der Waals surface area contributed by atoms with Gasteiger partial charge in [0.15, 0.2) is 11.5 Å². The first-order valence-corrected chi connectivity index (χ1v) is 7.97. The molecule has 130 valence electrons. The number of ketones is 1. The lowest BCUT2D eigenvalue weighted by molar-refractivity contribution is -0.385. The summed E-state index contributed by atoms with van der Waals surface area (Å²) in [7, 11) is 0. The van der Waals surface area contributed by atoms with Gasteiger partial charge in [-0.3, -0.25) is 14.9 Å². The number of nitro groups is 1. The van der Waals surface area contributed by atoms with Crippen LogP contribution >= 0.6 is 0 Å². The zero-order valence-corrected chi connectivity index (χ0v) is 13.5. The minimum absolute atomic E-state index is 0.223. The third-order valence-corrected chi connectivity index (χ3v) is 4.54. The van der Waals surface area contributed by atoms with E-state index in [1.807, 2.05) is 0 Å². The molecule has 1 heterocycles. The van der Waals surface area contributed by atoms with Crippen molar-refractivity contribution in [2.75, 3.05) is 0 Å². The van der Waals surface area contributed by atoms with Gasteiger partial charge in [-0.25, -0.2) is 4.39 Å². The number of benzene rings is 2. The number of aromatic nitrogens is 1. The number of aryl methyl sites for hydroxylation is 1. The molecule has 7 heteroatoms. The minimum Gasteiger partial charge on any atom is -0.502 e. The summed E-state index contributed by atoms with van der Waals surface area (Å²) < 4.78 is 13.6. The van der Waals surface area contributed by atoms with Gasteiger partial charge in [-0.05, 0) is 48.7 Å². The van der Waals surface area contributed by atoms with Gasteiger partial charge in [0.25, 0.3) is 0 Å². The summed E-state index contributed by atoms with van der Waals surface area (Å²) in [5.74, 6) is -1.07. The van der Waals surface area contributed by atoms with Gasteiger partial charge < -0.3 is 10.1 Å². The highest BCUT2D eigenvalue weighted by Crippen LogP contribution is 2.34. The lowest BCUT2D eigenvalue weighted by Crippen LogP contribution is -2.13. The van der Waals surface area contributed by atoms with Crippen LogP contribution in [0.3, 0.4) is 0 Å². The molecular formula is C19H13FN2O4. The Bertz CT molecular complexity index is 1110. The summed E-state index contributed by atoms with van der Waals surface area (Å²) in [5, 5.41) is 21.0. The number of phenolic OH excluding ortho intramolecular Hbond substituents is 1. The number of carbonyl (C=O) groups excluding carboxylic acids is 1. The molecular weight excluding hydrogens is 339 g/mol. The summed E-state index contributed by atoms with van der Waals surface area (Å²) in [6.07, 6.45) is 2.63. The van der Waals surface area contributed by atoms with Crippen molar-refractivity contribution in [3.8, 4) is 5.75 Å². The van der Waals surface area contributed by atoms with Crippen LogP contribution in [0.2, 0.25) is 0 Å². The van der Waals surface area contributed by atoms with E-state index in [1.165, 1.54) is 30.3 Å². The zero-order chi connectivity index (χ0) is 18.4. The first-order valence-electron chi connectivity index (χ1n) is 7.97. The highest BCUT2D eigenvalue weighted by Gasteiger charge is 2.26. The molecule has 0 saturated heterocycles. The van der Waals surface area contributed by atoms with Gasteiger partial charge in [-0.2, -0.15) is 0 Å². The van der Waals surface area contributed by atoms with Gasteiger partial charge in [-0.15, -0.1) is 0 Å². The molecule has 6 nitrogen and oxygen atoms in total. The number of fused-ring (bicyclic) bond motifs is 3. The van der Waals surface area contributed by atoms with Gasteiger partial charge in [0, 0.05) is 28.2 Å². The fourth-order valence-corrected chi connectivity index (χ4v) is 3.32. The molecule has 4 rings (SSSR count). The second-order valence-electron chi connectivity index (χ2n) is 6.17. The molecule has 0 unspecified atom stereocenters. The van der Waals surface area contributed by atoms with E-state index < -0.39 is 22.2 Å². The van der Waals surface area contributed by atoms with E-state index in [-0.39, 0.29) is 5.78 Å². The molecule has 1 aromatic heterocycles. The van der Waals surface area contributed by atoms with E-state index in [4.69, 9.17) is 0 Å². The number of aromatic hydroxyl groups is 1. The number of halogens is 1. The summed E-state index contributed by atoms with van der Waals surface area (Å²) >= 11 is 0. The summed E-state index contributed by atoms with van der Waals surface area (Å²) in [6, 6.07) is 8.22. The molecule has 1 aliphatic carbocycles. The monoisotopic (exact) mass is 352 g/mol. The third kappa shape index (κ3) is 2.54. The minimum atomic E-state index is -0.680. The molecule has 0 saturated carbocycles. The Morgan fingerprint density at radius 3 is 2.77 bits per heavy atom. The van der Waals surface area contributed by atoms with Crippen LogP contribution in [0.1, 0.15) is 28.0 Å². The van der Waals surface area contributed by atoms with Crippen molar-refractivity contribution in [3.05, 3.63) is 74.7 Å². The normalized spacial score (nSPS) is 15.4. The predicted molar refractivity (Wildman–Crippen MR) is 93.6 cm³/mol. The highest BCUT2D eigenvalue weighted by atomic mass is 19.1. The van der Waals surface area contributed by atoms with E-state index in [1.54, 1.807) is 12.1 Å². The molecule has 0 amide bonds. The quantitative estimate of drug-likeness (QED) is 0.412. The van der Waals surface area contributed by atoms with E-state index >= 15 is 0 Å². The van der Waals surface area contributed by atoms with E-state index in [0.717, 1.165) is 5.69 Å². The summed E-state index contributed by atoms with van der Waals surface area (Å²) in [6.45, 7) is 0. The SMILES string of the molecule is O=C1/C(=C/c2ccc(O)c([N+](=O)[O-])c2)CCc2[nH]c3ccc(F)cc3c21. The maximum atomic E-state index is 13.6. The molecule has 3 aromatic rings. The number of H-pyrrole nitrogens is 1. The number of rotatable bonds is 2. The van der Waals surface area contributed by atoms with E-state index in [0.29, 0.717) is 40.4 Å². The Labute approximate surface area is 146 Å². The predicted octanol–water partition coefficient (Wildman–Crippen LogP) is 4.13. The third-order valence-electron chi connectivity index (χ3n) is 4.54.